The number of pyridine rings is 3. The van der Waals surface area contributed by atoms with Crippen LogP contribution >= 0.6 is 12.4 Å². The van der Waals surface area contributed by atoms with Crippen LogP contribution < -0.4 is 0 Å². The van der Waals surface area contributed by atoms with E-state index in [-0.39, 0.29) is 30.0 Å². The second kappa shape index (κ2) is 15.3. The highest BCUT2D eigenvalue weighted by atomic mass is 35.5. The molecule has 0 saturated carbocycles. The summed E-state index contributed by atoms with van der Waals surface area (Å²) in [5, 5.41) is 25.6. The molecule has 0 aliphatic heterocycles. The molecule has 148 valence electrons. The molecule has 11 heteroatoms. The van der Waals surface area contributed by atoms with Crippen LogP contribution in [0.3, 0.4) is 0 Å². The van der Waals surface area contributed by atoms with Gasteiger partial charge in [-0.2, -0.15) is 8.42 Å². The van der Waals surface area contributed by atoms with E-state index in [9.17, 15) is 8.42 Å². The molecule has 3 heterocycles. The topological polar surface area (TPSA) is 154 Å². The maximum atomic E-state index is 9.19. The van der Waals surface area contributed by atoms with E-state index in [2.05, 4.69) is 15.0 Å². The van der Waals surface area contributed by atoms with Crippen LogP contribution in [-0.4, -0.2) is 49.5 Å². The van der Waals surface area contributed by atoms with Gasteiger partial charge in [-0.25, -0.2) is 15.0 Å². The van der Waals surface area contributed by atoms with Crippen LogP contribution in [0, 0.1) is 0 Å². The normalized spacial score (nSPS) is 8.81. The average Bonchev–Trinajstić information content (AvgIpc) is 2.57. The molecule has 0 aliphatic rings. The van der Waals surface area contributed by atoms with Crippen molar-refractivity contribution >= 4 is 22.5 Å². The number of hydrogen-bond acceptors (Lipinski definition) is 8. The Morgan fingerprint density at radius 2 is 0.889 bits per heavy atom. The average molecular weight is 418 g/mol. The van der Waals surface area contributed by atoms with Crippen LogP contribution in [0.25, 0.3) is 0 Å². The molecule has 0 aliphatic carbocycles. The predicted octanol–water partition coefficient (Wildman–Crippen LogP) is 2.29. The Labute approximate surface area is 163 Å². The third-order valence-corrected chi connectivity index (χ3v) is 1.95. The van der Waals surface area contributed by atoms with Crippen molar-refractivity contribution in [3.8, 4) is 17.6 Å². The highest BCUT2D eigenvalue weighted by molar-refractivity contribution is 7.85. The van der Waals surface area contributed by atoms with Gasteiger partial charge in [-0.1, -0.05) is 18.2 Å². The molecule has 3 rings (SSSR count). The molecule has 0 fully saturated rings. The third-order valence-electron chi connectivity index (χ3n) is 1.95. The Morgan fingerprint density at radius 1 is 0.667 bits per heavy atom. The van der Waals surface area contributed by atoms with Gasteiger partial charge >= 0.3 is 0 Å². The van der Waals surface area contributed by atoms with Gasteiger partial charge < -0.3 is 15.3 Å². The molecule has 4 N–H and O–H groups in total. The molecular weight excluding hydrogens is 398 g/mol. The summed E-state index contributed by atoms with van der Waals surface area (Å²) in [6.45, 7) is 0. The van der Waals surface area contributed by atoms with E-state index in [4.69, 9.17) is 19.9 Å². The van der Waals surface area contributed by atoms with E-state index in [0.717, 1.165) is 0 Å². The monoisotopic (exact) mass is 417 g/mol. The van der Waals surface area contributed by atoms with Crippen molar-refractivity contribution in [2.45, 2.75) is 0 Å². The fourth-order valence-electron chi connectivity index (χ4n) is 1.06. The molecule has 0 spiro atoms. The number of nitrogens with zero attached hydrogens (tertiary/aromatic N) is 3. The summed E-state index contributed by atoms with van der Waals surface area (Å²) < 4.78 is 25.9. The Balaban J connectivity index is 0. The number of aromatic nitrogens is 3. The zero-order valence-electron chi connectivity index (χ0n) is 14.2. The number of aromatic hydroxyl groups is 3. The molecule has 0 aromatic carbocycles. The van der Waals surface area contributed by atoms with Crippen LogP contribution in [0.15, 0.2) is 73.2 Å². The van der Waals surface area contributed by atoms with E-state index in [0.29, 0.717) is 6.26 Å². The van der Waals surface area contributed by atoms with Gasteiger partial charge in [-0.3, -0.25) is 4.55 Å². The summed E-state index contributed by atoms with van der Waals surface area (Å²) in [6, 6.07) is 15.0. The third kappa shape index (κ3) is 23.1. The molecule has 3 aromatic rings. The zero-order chi connectivity index (χ0) is 19.8. The summed E-state index contributed by atoms with van der Waals surface area (Å²) in [6.07, 6.45) is 5.33. The Bertz CT molecular complexity index is 712. The van der Waals surface area contributed by atoms with Crippen molar-refractivity contribution in [1.82, 2.24) is 15.0 Å². The standard InChI is InChI=1S/3C5H5NO.CH4O3S.ClH/c3*7-5-3-1-2-4-6-5;1-5(2,3)4;/h3*1-4H,(H,6,7);1H3,(H,2,3,4);1H. The van der Waals surface area contributed by atoms with Crippen molar-refractivity contribution in [3.05, 3.63) is 73.2 Å². The minimum atomic E-state index is -3.67. The number of hydrogen-bond donors (Lipinski definition) is 4. The van der Waals surface area contributed by atoms with E-state index in [1.165, 1.54) is 36.8 Å². The Hall–Kier alpha value is -2.95. The van der Waals surface area contributed by atoms with Crippen molar-refractivity contribution in [3.63, 3.8) is 0 Å². The van der Waals surface area contributed by atoms with Gasteiger partial charge in [0.1, 0.15) is 0 Å². The van der Waals surface area contributed by atoms with E-state index < -0.39 is 10.1 Å². The van der Waals surface area contributed by atoms with Gasteiger partial charge in [0.05, 0.1) is 6.26 Å². The summed E-state index contributed by atoms with van der Waals surface area (Å²) in [7, 11) is -3.67. The van der Waals surface area contributed by atoms with Crippen LogP contribution in [0.5, 0.6) is 17.6 Å². The molecule has 3 aromatic heterocycles. The van der Waals surface area contributed by atoms with Gasteiger partial charge in [-0.05, 0) is 18.2 Å². The van der Waals surface area contributed by atoms with Gasteiger partial charge in [0.25, 0.3) is 10.1 Å². The molecule has 0 bridgehead atoms. The first-order chi connectivity index (χ1) is 12.2. The lowest BCUT2D eigenvalue weighted by atomic mass is 10.5. The molecule has 9 nitrogen and oxygen atoms in total. The van der Waals surface area contributed by atoms with E-state index in [1.54, 1.807) is 36.4 Å². The van der Waals surface area contributed by atoms with Crippen LogP contribution in [-0.2, 0) is 10.1 Å². The van der Waals surface area contributed by atoms with Crippen molar-refractivity contribution < 1.29 is 28.3 Å². The molecule has 27 heavy (non-hydrogen) atoms. The number of rotatable bonds is 0. The van der Waals surface area contributed by atoms with E-state index in [1.807, 2.05) is 0 Å². The summed E-state index contributed by atoms with van der Waals surface area (Å²) >= 11 is 0. The molecule has 0 radical (unpaired) electrons. The highest BCUT2D eigenvalue weighted by Crippen LogP contribution is 1.97. The first kappa shape index (κ1) is 26.3. The number of halogens is 1. The van der Waals surface area contributed by atoms with Crippen molar-refractivity contribution in [1.29, 1.82) is 0 Å². The molecule has 0 atom stereocenters. The first-order valence-electron chi connectivity index (χ1n) is 6.91. The van der Waals surface area contributed by atoms with Gasteiger partial charge in [-0.15, -0.1) is 12.4 Å². The SMILES string of the molecule is CS(=O)(=O)O.Cl.Oc1ccccn1.Oc1ccccn1.Oc1ccccn1. The maximum absolute atomic E-state index is 9.19. The predicted molar refractivity (Wildman–Crippen MR) is 102 cm³/mol. The second-order valence-electron chi connectivity index (χ2n) is 4.30. The van der Waals surface area contributed by atoms with Crippen LogP contribution in [0.2, 0.25) is 0 Å². The minimum Gasteiger partial charge on any atom is -0.493 e. The zero-order valence-corrected chi connectivity index (χ0v) is 15.8. The molecular formula is C16H20ClN3O6S. The fraction of sp³-hybridized carbons (Fsp3) is 0.0625. The summed E-state index contributed by atoms with van der Waals surface area (Å²) in [5.74, 6) is 0.215. The fourth-order valence-corrected chi connectivity index (χ4v) is 1.06. The lowest BCUT2D eigenvalue weighted by Gasteiger charge is -1.81. The van der Waals surface area contributed by atoms with E-state index >= 15 is 0 Å². The summed E-state index contributed by atoms with van der Waals surface area (Å²) in [5.41, 5.74) is 0. The minimum absolute atomic E-state index is 0. The van der Waals surface area contributed by atoms with Crippen molar-refractivity contribution in [2.75, 3.05) is 6.26 Å². The Morgan fingerprint density at radius 3 is 0.963 bits per heavy atom. The largest absolute Gasteiger partial charge is 0.493 e. The van der Waals surface area contributed by atoms with Gasteiger partial charge in [0.15, 0.2) is 0 Å². The van der Waals surface area contributed by atoms with Gasteiger partial charge in [0, 0.05) is 36.8 Å². The smallest absolute Gasteiger partial charge is 0.261 e. The van der Waals surface area contributed by atoms with Crippen LogP contribution in [0.4, 0.5) is 0 Å². The Kier molecular flexibility index (Phi) is 14.9. The van der Waals surface area contributed by atoms with Crippen LogP contribution in [0.1, 0.15) is 0 Å². The molecule has 0 saturated heterocycles. The van der Waals surface area contributed by atoms with Crippen molar-refractivity contribution in [2.24, 2.45) is 0 Å². The first-order valence-corrected chi connectivity index (χ1v) is 8.75. The summed E-state index contributed by atoms with van der Waals surface area (Å²) in [4.78, 5) is 10.6. The second-order valence-corrected chi connectivity index (χ2v) is 5.76. The molecule has 0 amide bonds. The molecule has 0 unspecified atom stereocenters. The van der Waals surface area contributed by atoms with Gasteiger partial charge in [0.2, 0.25) is 17.6 Å². The highest BCUT2D eigenvalue weighted by Gasteiger charge is 1.81. The lowest BCUT2D eigenvalue weighted by Crippen LogP contribution is -1.88. The maximum Gasteiger partial charge on any atom is 0.261 e. The lowest BCUT2D eigenvalue weighted by molar-refractivity contribution is 0.453. The quantitative estimate of drug-likeness (QED) is 0.403.